The maximum absolute atomic E-state index is 12.4. The van der Waals surface area contributed by atoms with E-state index in [1.165, 1.54) is 17.8 Å². The lowest BCUT2D eigenvalue weighted by atomic mass is 9.91. The summed E-state index contributed by atoms with van der Waals surface area (Å²) in [5, 5.41) is 9.74. The van der Waals surface area contributed by atoms with Gasteiger partial charge in [-0.2, -0.15) is 22.5 Å². The van der Waals surface area contributed by atoms with Gasteiger partial charge in [0, 0.05) is 31.6 Å². The number of nitrogens with zero attached hydrogens (tertiary/aromatic N) is 5. The van der Waals surface area contributed by atoms with Crippen LogP contribution in [0.25, 0.3) is 0 Å². The smallest absolute Gasteiger partial charge is 0.422 e. The molecule has 3 aliphatic rings. The van der Waals surface area contributed by atoms with Gasteiger partial charge in [-0.3, -0.25) is 0 Å². The molecular weight excluding hydrogens is 489 g/mol. The van der Waals surface area contributed by atoms with Crippen LogP contribution in [0.5, 0.6) is 5.75 Å². The molecule has 0 spiro atoms. The van der Waals surface area contributed by atoms with Gasteiger partial charge < -0.3 is 15.0 Å². The van der Waals surface area contributed by atoms with Crippen LogP contribution in [-0.2, 0) is 6.54 Å². The summed E-state index contributed by atoms with van der Waals surface area (Å²) in [6, 6.07) is 9.42. The molecule has 2 aromatic heterocycles. The minimum absolute atomic E-state index is 0.0617. The van der Waals surface area contributed by atoms with E-state index >= 15 is 0 Å². The summed E-state index contributed by atoms with van der Waals surface area (Å²) in [4.78, 5) is 7.39. The van der Waals surface area contributed by atoms with E-state index in [4.69, 9.17) is 14.8 Å². The van der Waals surface area contributed by atoms with E-state index in [-0.39, 0.29) is 11.7 Å². The van der Waals surface area contributed by atoms with Crippen LogP contribution in [0.4, 0.5) is 24.1 Å². The molecule has 192 valence electrons. The number of alkyl halides is 3. The van der Waals surface area contributed by atoms with Gasteiger partial charge in [0.2, 0.25) is 5.95 Å². The summed E-state index contributed by atoms with van der Waals surface area (Å²) in [6.07, 6.45) is -0.0349. The minimum Gasteiger partial charge on any atom is -0.484 e. The van der Waals surface area contributed by atoms with Crippen molar-refractivity contribution >= 4 is 22.5 Å². The van der Waals surface area contributed by atoms with Crippen molar-refractivity contribution in [2.24, 2.45) is 11.8 Å². The van der Waals surface area contributed by atoms with Crippen LogP contribution in [0, 0.1) is 18.8 Å². The lowest BCUT2D eigenvalue weighted by Crippen LogP contribution is -2.48. The summed E-state index contributed by atoms with van der Waals surface area (Å²) in [5.74, 6) is 2.97. The molecule has 2 aliphatic heterocycles. The van der Waals surface area contributed by atoms with Crippen molar-refractivity contribution in [1.29, 1.82) is 0 Å². The maximum atomic E-state index is 12.4. The van der Waals surface area contributed by atoms with Gasteiger partial charge >= 0.3 is 6.18 Å². The number of hydrogen-bond donors (Lipinski definition) is 1. The van der Waals surface area contributed by atoms with E-state index in [2.05, 4.69) is 20.7 Å². The van der Waals surface area contributed by atoms with Crippen molar-refractivity contribution in [2.45, 2.75) is 57.3 Å². The molecule has 7 nitrogen and oxygen atoms in total. The minimum atomic E-state index is -4.35. The van der Waals surface area contributed by atoms with Gasteiger partial charge in [0.05, 0.1) is 5.69 Å². The predicted molar refractivity (Wildman–Crippen MR) is 132 cm³/mol. The van der Waals surface area contributed by atoms with Gasteiger partial charge in [0.1, 0.15) is 16.6 Å². The summed E-state index contributed by atoms with van der Waals surface area (Å²) in [5.41, 5.74) is 2.09. The van der Waals surface area contributed by atoms with Gasteiger partial charge in [-0.15, -0.1) is 5.10 Å². The summed E-state index contributed by atoms with van der Waals surface area (Å²) in [6.45, 7) is 3.62. The second-order valence-electron chi connectivity index (χ2n) is 10.2. The molecule has 36 heavy (non-hydrogen) atoms. The number of benzene rings is 1. The Morgan fingerprint density at radius 1 is 1.11 bits per heavy atom. The number of aromatic nitrogens is 4. The van der Waals surface area contributed by atoms with Gasteiger partial charge in [-0.25, -0.2) is 4.68 Å². The predicted octanol–water partition coefficient (Wildman–Crippen LogP) is 5.24. The second kappa shape index (κ2) is 9.24. The molecule has 1 saturated heterocycles. The van der Waals surface area contributed by atoms with Crippen molar-refractivity contribution in [3.05, 3.63) is 47.4 Å². The van der Waals surface area contributed by atoms with Crippen LogP contribution >= 0.6 is 11.5 Å². The zero-order valence-corrected chi connectivity index (χ0v) is 20.9. The number of aryl methyl sites for hydroxylation is 2. The SMILES string of the molecule is Cc1cc(N2CC3CCC(C2)C3Nc2nc3n(n2)CCCC3c2ccc(OCC(F)(F)F)cc2)sn1. The zero-order chi connectivity index (χ0) is 24.9. The number of ether oxygens (including phenoxy) is 1. The molecule has 11 heteroatoms. The van der Waals surface area contributed by atoms with Gasteiger partial charge in [0.15, 0.2) is 6.61 Å². The molecule has 0 amide bonds. The standard InChI is InChI=1S/C25H29F3N6OS/c1-15-11-21(36-32-15)33-12-17-4-5-18(13-33)22(17)29-24-30-23-20(3-2-10-34(23)31-24)16-6-8-19(9-7-16)35-14-25(26,27)28/h6-9,11,17-18,20,22H,2-5,10,12-14H2,1H3,(H,29,31). The topological polar surface area (TPSA) is 68.1 Å². The molecule has 2 fully saturated rings. The number of nitrogens with one attached hydrogen (secondary N) is 1. The average molecular weight is 519 g/mol. The highest BCUT2D eigenvalue weighted by molar-refractivity contribution is 7.10. The Kier molecular flexibility index (Phi) is 6.05. The van der Waals surface area contributed by atoms with Crippen molar-refractivity contribution in [2.75, 3.05) is 29.9 Å². The number of anilines is 2. The number of piperidine rings is 1. The fourth-order valence-corrected chi connectivity index (χ4v) is 6.75. The fourth-order valence-electron chi connectivity index (χ4n) is 5.98. The third-order valence-electron chi connectivity index (χ3n) is 7.62. The largest absolute Gasteiger partial charge is 0.484 e. The van der Waals surface area contributed by atoms with Gasteiger partial charge in [-0.1, -0.05) is 12.1 Å². The third-order valence-corrected chi connectivity index (χ3v) is 8.56. The summed E-state index contributed by atoms with van der Waals surface area (Å²) >= 11 is 1.58. The molecule has 3 unspecified atom stereocenters. The van der Waals surface area contributed by atoms with E-state index in [9.17, 15) is 13.2 Å². The van der Waals surface area contributed by atoms with E-state index in [1.807, 2.05) is 23.7 Å². The molecular formula is C25H29F3N6OS. The van der Waals surface area contributed by atoms with Gasteiger partial charge in [-0.05, 0) is 79.7 Å². The highest BCUT2D eigenvalue weighted by Crippen LogP contribution is 2.41. The van der Waals surface area contributed by atoms with E-state index in [0.717, 1.165) is 49.6 Å². The highest BCUT2D eigenvalue weighted by Gasteiger charge is 2.43. The molecule has 3 atom stereocenters. The van der Waals surface area contributed by atoms with Crippen LogP contribution in [0.15, 0.2) is 30.3 Å². The van der Waals surface area contributed by atoms with Crippen LogP contribution in [0.2, 0.25) is 0 Å². The molecule has 0 radical (unpaired) electrons. The summed E-state index contributed by atoms with van der Waals surface area (Å²) < 4.78 is 48.6. The lowest BCUT2D eigenvalue weighted by Gasteiger charge is -2.38. The Hall–Kier alpha value is -2.82. The van der Waals surface area contributed by atoms with Crippen LogP contribution < -0.4 is 15.0 Å². The molecule has 2 bridgehead atoms. The van der Waals surface area contributed by atoms with Crippen LogP contribution in [-0.4, -0.2) is 51.1 Å². The Bertz CT molecular complexity index is 1200. The van der Waals surface area contributed by atoms with E-state index < -0.39 is 12.8 Å². The highest BCUT2D eigenvalue weighted by atomic mass is 32.1. The number of halogens is 3. The van der Waals surface area contributed by atoms with E-state index in [0.29, 0.717) is 23.8 Å². The first-order valence-corrected chi connectivity index (χ1v) is 13.3. The van der Waals surface area contributed by atoms with Crippen LogP contribution in [0.3, 0.4) is 0 Å². The van der Waals surface area contributed by atoms with Crippen molar-refractivity contribution in [1.82, 2.24) is 19.1 Å². The average Bonchev–Trinajstić information content (AvgIpc) is 3.53. The molecule has 3 aromatic rings. The quantitative estimate of drug-likeness (QED) is 0.482. The Morgan fingerprint density at radius 3 is 2.53 bits per heavy atom. The molecule has 1 saturated carbocycles. The fraction of sp³-hybridized carbons (Fsp3) is 0.560. The van der Waals surface area contributed by atoms with Crippen molar-refractivity contribution in [3.8, 4) is 5.75 Å². The van der Waals surface area contributed by atoms with Crippen molar-refractivity contribution < 1.29 is 17.9 Å². The lowest BCUT2D eigenvalue weighted by molar-refractivity contribution is -0.153. The third kappa shape index (κ3) is 4.77. The number of rotatable bonds is 6. The van der Waals surface area contributed by atoms with Gasteiger partial charge in [0.25, 0.3) is 0 Å². The first kappa shape index (κ1) is 23.6. The monoisotopic (exact) mass is 518 g/mol. The van der Waals surface area contributed by atoms with Crippen molar-refractivity contribution in [3.63, 3.8) is 0 Å². The first-order valence-electron chi connectivity index (χ1n) is 12.5. The normalized spacial score (nSPS) is 25.6. The van der Waals surface area contributed by atoms with Crippen LogP contribution in [0.1, 0.15) is 48.7 Å². The zero-order valence-electron chi connectivity index (χ0n) is 20.0. The maximum Gasteiger partial charge on any atom is 0.422 e. The Morgan fingerprint density at radius 2 is 1.86 bits per heavy atom. The number of fused-ring (bicyclic) bond motifs is 3. The molecule has 1 N–H and O–H groups in total. The first-order chi connectivity index (χ1) is 17.3. The molecule has 4 heterocycles. The Labute approximate surface area is 211 Å². The number of hydrogen-bond acceptors (Lipinski definition) is 7. The Balaban J connectivity index is 1.14. The second-order valence-corrected chi connectivity index (χ2v) is 10.9. The summed E-state index contributed by atoms with van der Waals surface area (Å²) in [7, 11) is 0. The molecule has 1 aliphatic carbocycles. The van der Waals surface area contributed by atoms with E-state index in [1.54, 1.807) is 23.7 Å². The molecule has 1 aromatic carbocycles. The molecule has 6 rings (SSSR count).